The lowest BCUT2D eigenvalue weighted by atomic mass is 9.64. The van der Waals surface area contributed by atoms with Crippen molar-refractivity contribution in [1.29, 1.82) is 0 Å². The van der Waals surface area contributed by atoms with Gasteiger partial charge >= 0.3 is 12.5 Å². The highest BCUT2D eigenvalue weighted by Crippen LogP contribution is 2.59. The van der Waals surface area contributed by atoms with Gasteiger partial charge in [-0.1, -0.05) is 70.0 Å². The fourth-order valence-electron chi connectivity index (χ4n) is 9.86. The molecule has 58 heavy (non-hydrogen) atoms. The zero-order valence-corrected chi connectivity index (χ0v) is 35.6. The zero-order valence-electron chi connectivity index (χ0n) is 34.7. The molecule has 4 aliphatic carbocycles. The third kappa shape index (κ3) is 10.2. The van der Waals surface area contributed by atoms with Crippen molar-refractivity contribution in [1.82, 2.24) is 4.90 Å². The molecule has 3 aromatic rings. The number of carbonyl (C=O) groups is 2. The van der Waals surface area contributed by atoms with E-state index in [1.54, 1.807) is 0 Å². The molecule has 0 aliphatic heterocycles. The summed E-state index contributed by atoms with van der Waals surface area (Å²) in [5.41, 5.74) is 1.75. The summed E-state index contributed by atoms with van der Waals surface area (Å²) in [7, 11) is 0. The number of ketones is 1. The molecule has 2 aromatic carbocycles. The third-order valence-corrected chi connectivity index (χ3v) is 14.3. The number of hydrogen-bond donors (Lipinski definition) is 2. The number of thiophene rings is 1. The minimum absolute atomic E-state index is 0.000303. The molecule has 0 spiro atoms. The number of ether oxygens (including phenoxy) is 2. The fourth-order valence-corrected chi connectivity index (χ4v) is 10.7. The van der Waals surface area contributed by atoms with Gasteiger partial charge < -0.3 is 24.6 Å². The van der Waals surface area contributed by atoms with Crippen molar-refractivity contribution in [3.63, 3.8) is 0 Å². The van der Waals surface area contributed by atoms with Crippen molar-refractivity contribution in [3.8, 4) is 5.75 Å². The Balaban J connectivity index is 1.39. The molecule has 1 heterocycles. The van der Waals surface area contributed by atoms with Crippen molar-refractivity contribution in [2.75, 3.05) is 6.54 Å². The normalized spacial score (nSPS) is 28.1. The highest BCUT2D eigenvalue weighted by atomic mass is 32.1. The summed E-state index contributed by atoms with van der Waals surface area (Å²) in [6.07, 6.45) is 2.46. The van der Waals surface area contributed by atoms with Crippen LogP contribution in [0.5, 0.6) is 5.75 Å². The summed E-state index contributed by atoms with van der Waals surface area (Å²) in [6, 6.07) is 15.2. The summed E-state index contributed by atoms with van der Waals surface area (Å²) in [5, 5.41) is 24.2. The van der Waals surface area contributed by atoms with E-state index in [9.17, 15) is 33.0 Å². The Morgan fingerprint density at radius 1 is 1.00 bits per heavy atom. The Morgan fingerprint density at radius 3 is 2.41 bits per heavy atom. The van der Waals surface area contributed by atoms with Crippen LogP contribution in [-0.4, -0.2) is 57.7 Å². The molecular weight excluding hydrogens is 764 g/mol. The number of benzene rings is 2. The molecule has 11 heteroatoms. The molecule has 0 saturated heterocycles. The Labute approximate surface area is 345 Å². The Hall–Kier alpha value is -3.67. The van der Waals surface area contributed by atoms with Crippen LogP contribution < -0.4 is 4.74 Å². The van der Waals surface area contributed by atoms with Gasteiger partial charge in [0.1, 0.15) is 11.9 Å². The van der Waals surface area contributed by atoms with Crippen LogP contribution in [0.4, 0.5) is 18.0 Å². The molecule has 7 unspecified atom stereocenters. The quantitative estimate of drug-likeness (QED) is 0.165. The van der Waals surface area contributed by atoms with E-state index < -0.39 is 29.6 Å². The van der Waals surface area contributed by atoms with E-state index in [-0.39, 0.29) is 42.6 Å². The Morgan fingerprint density at radius 2 is 1.74 bits per heavy atom. The number of aliphatic hydroxyl groups excluding tert-OH is 1. The van der Waals surface area contributed by atoms with Crippen LogP contribution >= 0.6 is 11.3 Å². The average Bonchev–Trinajstić information content (AvgIpc) is 3.69. The third-order valence-electron chi connectivity index (χ3n) is 13.3. The van der Waals surface area contributed by atoms with Crippen LogP contribution in [0.3, 0.4) is 0 Å². The smallest absolute Gasteiger partial charge is 0.446 e. The number of aliphatic hydroxyl groups is 2. The molecule has 4 aliphatic rings. The maximum absolute atomic E-state index is 14.5. The molecule has 7 rings (SSSR count). The van der Waals surface area contributed by atoms with E-state index >= 15 is 0 Å². The number of amides is 1. The molecule has 7 nitrogen and oxygen atoms in total. The highest BCUT2D eigenvalue weighted by Gasteiger charge is 2.58. The first kappa shape index (κ1) is 43.9. The second-order valence-corrected chi connectivity index (χ2v) is 19.3. The van der Waals surface area contributed by atoms with Crippen LogP contribution in [0.25, 0.3) is 0 Å². The summed E-state index contributed by atoms with van der Waals surface area (Å²) in [5.74, 6) is 0.150. The molecule has 1 amide bonds. The summed E-state index contributed by atoms with van der Waals surface area (Å²) < 4.78 is 49.5. The van der Waals surface area contributed by atoms with Crippen LogP contribution in [0.2, 0.25) is 0 Å². The number of halogens is 3. The summed E-state index contributed by atoms with van der Waals surface area (Å²) in [4.78, 5) is 32.1. The van der Waals surface area contributed by atoms with Gasteiger partial charge in [-0.05, 0) is 142 Å². The number of alkyl halides is 3. The Kier molecular flexibility index (Phi) is 13.5. The molecule has 2 N–H and O–H groups in total. The summed E-state index contributed by atoms with van der Waals surface area (Å²) >= 11 is 1.44. The second-order valence-electron chi connectivity index (χ2n) is 18.0. The van der Waals surface area contributed by atoms with Gasteiger partial charge in [0.2, 0.25) is 5.78 Å². The van der Waals surface area contributed by atoms with Crippen LogP contribution in [0.15, 0.2) is 66.2 Å². The SMILES string of the molecule is CC1=CCCC2(C)C(CCC2(O)CN(Cc2ccc(OC(F)(F)F)cc2)C(=O)OC2CC(C)CCC2C(C)C)c2ccc(cc2C(=O)c2ccc(C)s2)CC(O)CC1. The van der Waals surface area contributed by atoms with Gasteiger partial charge in [-0.25, -0.2) is 4.79 Å². The van der Waals surface area contributed by atoms with E-state index in [1.807, 2.05) is 37.3 Å². The van der Waals surface area contributed by atoms with Gasteiger partial charge in [-0.15, -0.1) is 24.5 Å². The maximum Gasteiger partial charge on any atom is 0.573 e. The first-order valence-electron chi connectivity index (χ1n) is 20.9. The van der Waals surface area contributed by atoms with Gasteiger partial charge in [0.25, 0.3) is 0 Å². The summed E-state index contributed by atoms with van der Waals surface area (Å²) in [6.45, 7) is 12.5. The number of carbonyl (C=O) groups excluding carboxylic acids is 2. The highest BCUT2D eigenvalue weighted by molar-refractivity contribution is 7.14. The van der Waals surface area contributed by atoms with Gasteiger partial charge in [0, 0.05) is 22.4 Å². The van der Waals surface area contributed by atoms with Crippen LogP contribution in [0.1, 0.15) is 135 Å². The van der Waals surface area contributed by atoms with E-state index in [1.165, 1.54) is 40.5 Å². The molecule has 2 bridgehead atoms. The molecule has 7 atom stereocenters. The van der Waals surface area contributed by atoms with E-state index in [0.717, 1.165) is 40.8 Å². The number of aryl methyl sites for hydroxylation is 1. The fraction of sp³-hybridized carbons (Fsp3) is 0.574. The molecule has 0 radical (unpaired) electrons. The minimum atomic E-state index is -4.84. The molecular formula is C47H60F3NO6S. The first-order chi connectivity index (χ1) is 27.3. The van der Waals surface area contributed by atoms with Gasteiger partial charge in [0.15, 0.2) is 0 Å². The number of hydrogen-bond acceptors (Lipinski definition) is 7. The number of allylic oxidation sites excluding steroid dienone is 2. The predicted octanol–water partition coefficient (Wildman–Crippen LogP) is 11.3. The predicted molar refractivity (Wildman–Crippen MR) is 221 cm³/mol. The first-order valence-corrected chi connectivity index (χ1v) is 21.8. The lowest BCUT2D eigenvalue weighted by Gasteiger charge is -2.46. The monoisotopic (exact) mass is 823 g/mol. The van der Waals surface area contributed by atoms with Gasteiger partial charge in [0.05, 0.1) is 23.1 Å². The lowest BCUT2D eigenvalue weighted by molar-refractivity contribution is -0.274. The number of fused-ring (bicyclic) bond motifs is 8. The second kappa shape index (κ2) is 17.9. The number of nitrogens with zero attached hydrogens (tertiary/aromatic N) is 1. The van der Waals surface area contributed by atoms with Crippen LogP contribution in [-0.2, 0) is 17.7 Å². The molecule has 2 saturated carbocycles. The topological polar surface area (TPSA) is 96.3 Å². The van der Waals surface area contributed by atoms with Crippen LogP contribution in [0, 0.1) is 30.1 Å². The standard InChI is InChI=1S/C47H60F3NO6S/c1-29(2)37-18-10-31(4)24-41(37)56-44(54)51(27-33-12-16-36(17-13-33)57-47(48,49)50)28-46(55)23-21-40-38-19-14-34(26-39(38)43(53)42-20-11-32(5)58-42)25-35(52)15-9-30(3)8-7-22-45(40,46)6/h8,11-14,16-17,19-20,26,29,31,35,37,40-41,52,55H,7,9-10,15,18,21-25,27-28H2,1-6H3. The Bertz CT molecular complexity index is 1940. The van der Waals surface area contributed by atoms with Crippen molar-refractivity contribution in [3.05, 3.63) is 98.3 Å². The van der Waals surface area contributed by atoms with E-state index in [4.69, 9.17) is 4.74 Å². The van der Waals surface area contributed by atoms with Gasteiger partial charge in [-0.2, -0.15) is 0 Å². The van der Waals surface area contributed by atoms with Gasteiger partial charge in [-0.3, -0.25) is 4.79 Å². The molecule has 1 aromatic heterocycles. The van der Waals surface area contributed by atoms with Crippen molar-refractivity contribution in [2.45, 2.75) is 142 Å². The maximum atomic E-state index is 14.5. The van der Waals surface area contributed by atoms with Crippen molar-refractivity contribution < 1.29 is 42.4 Å². The minimum Gasteiger partial charge on any atom is -0.446 e. The zero-order chi connectivity index (χ0) is 42.0. The van der Waals surface area contributed by atoms with Crippen molar-refractivity contribution in [2.24, 2.45) is 23.2 Å². The lowest BCUT2D eigenvalue weighted by Crippen LogP contribution is -2.54. The average molecular weight is 824 g/mol. The van der Waals surface area contributed by atoms with E-state index in [0.29, 0.717) is 72.8 Å². The number of rotatable bonds is 9. The molecule has 2 fully saturated rings. The largest absolute Gasteiger partial charge is 0.573 e. The van der Waals surface area contributed by atoms with Crippen molar-refractivity contribution >= 4 is 23.2 Å². The van der Waals surface area contributed by atoms with E-state index in [2.05, 4.69) is 45.4 Å². The molecule has 316 valence electrons.